The van der Waals surface area contributed by atoms with E-state index in [9.17, 15) is 24.4 Å². The standard InChI is InChI=1S/C32H43N5O6/c38-28(33-15-8-3-9-17-43-32(41)35-20-23-10-4-1-5-11-23)19-24-18-27(30(39)36-42)29(34-21-24)31(40)37-16-14-26(22-37)25-12-6-2-7-13-25/h1-2,4-7,10-13,24,26-27,29,34,42H,3,8-9,14-22H2,(H,33,38)(H,35,41)(H,36,39)/t24?,26?,27-,29-/m0/s1. The van der Waals surface area contributed by atoms with E-state index >= 15 is 0 Å². The van der Waals surface area contributed by atoms with Gasteiger partial charge < -0.3 is 25.6 Å². The average molecular weight is 594 g/mol. The third kappa shape index (κ3) is 9.79. The zero-order valence-electron chi connectivity index (χ0n) is 24.5. The van der Waals surface area contributed by atoms with Crippen LogP contribution in [0.15, 0.2) is 60.7 Å². The fraction of sp³-hybridized carbons (Fsp3) is 0.500. The van der Waals surface area contributed by atoms with E-state index in [2.05, 4.69) is 28.1 Å². The lowest BCUT2D eigenvalue weighted by Gasteiger charge is -2.36. The molecule has 2 saturated heterocycles. The van der Waals surface area contributed by atoms with Crippen LogP contribution in [-0.4, -0.2) is 72.7 Å². The van der Waals surface area contributed by atoms with Crippen LogP contribution in [-0.2, 0) is 25.7 Å². The lowest BCUT2D eigenvalue weighted by molar-refractivity contribution is -0.144. The summed E-state index contributed by atoms with van der Waals surface area (Å²) in [6.45, 7) is 2.85. The summed E-state index contributed by atoms with van der Waals surface area (Å²) in [5.41, 5.74) is 3.91. The molecule has 2 aliphatic rings. The number of hydrogen-bond donors (Lipinski definition) is 5. The molecule has 232 valence electrons. The smallest absolute Gasteiger partial charge is 0.407 e. The Balaban J connectivity index is 1.11. The van der Waals surface area contributed by atoms with Crippen molar-refractivity contribution >= 4 is 23.8 Å². The summed E-state index contributed by atoms with van der Waals surface area (Å²) in [7, 11) is 0. The molecule has 43 heavy (non-hydrogen) atoms. The van der Waals surface area contributed by atoms with Crippen LogP contribution in [0.5, 0.6) is 0 Å². The fourth-order valence-corrected chi connectivity index (χ4v) is 5.88. The molecule has 0 bridgehead atoms. The summed E-state index contributed by atoms with van der Waals surface area (Å²) in [6, 6.07) is 18.9. The normalized spacial score (nSPS) is 21.6. The number of benzene rings is 2. The van der Waals surface area contributed by atoms with E-state index in [1.54, 1.807) is 10.4 Å². The van der Waals surface area contributed by atoms with Crippen LogP contribution in [0.3, 0.4) is 0 Å². The SMILES string of the molecule is O=C(CC1CN[C@H](C(=O)N2CCC(c3ccccc3)C2)[C@@H](C(=O)NO)C1)NCCCCCOC(=O)NCc1ccccc1. The summed E-state index contributed by atoms with van der Waals surface area (Å²) in [5, 5.41) is 18.2. The van der Waals surface area contributed by atoms with Gasteiger partial charge in [0.1, 0.15) is 0 Å². The van der Waals surface area contributed by atoms with Crippen LogP contribution in [0.4, 0.5) is 4.79 Å². The van der Waals surface area contributed by atoms with Crippen LogP contribution in [0.1, 0.15) is 55.6 Å². The molecule has 2 fully saturated rings. The van der Waals surface area contributed by atoms with Gasteiger partial charge in [-0.15, -0.1) is 0 Å². The lowest BCUT2D eigenvalue weighted by atomic mass is 9.81. The molecule has 2 aliphatic heterocycles. The topological polar surface area (TPSA) is 149 Å². The number of likely N-dealkylation sites (tertiary alicyclic amines) is 1. The Morgan fingerprint density at radius 2 is 1.70 bits per heavy atom. The second kappa shape index (κ2) is 16.6. The second-order valence-electron chi connectivity index (χ2n) is 11.3. The zero-order valence-corrected chi connectivity index (χ0v) is 24.5. The highest BCUT2D eigenvalue weighted by molar-refractivity contribution is 5.90. The van der Waals surface area contributed by atoms with Gasteiger partial charge in [0.2, 0.25) is 17.7 Å². The molecule has 4 amide bonds. The summed E-state index contributed by atoms with van der Waals surface area (Å²) in [4.78, 5) is 52.1. The summed E-state index contributed by atoms with van der Waals surface area (Å²) in [6.07, 6.45) is 3.18. The van der Waals surface area contributed by atoms with Gasteiger partial charge in [0, 0.05) is 38.5 Å². The number of carbonyl (C=O) groups excluding carboxylic acids is 4. The third-order valence-corrected chi connectivity index (χ3v) is 8.23. The molecule has 0 aromatic heterocycles. The van der Waals surface area contributed by atoms with E-state index in [0.29, 0.717) is 52.2 Å². The summed E-state index contributed by atoms with van der Waals surface area (Å²) < 4.78 is 5.19. The lowest BCUT2D eigenvalue weighted by Crippen LogP contribution is -2.58. The number of rotatable bonds is 13. The predicted octanol–water partition coefficient (Wildman–Crippen LogP) is 2.71. The number of nitrogens with one attached hydrogen (secondary N) is 4. The van der Waals surface area contributed by atoms with Gasteiger partial charge in [0.05, 0.1) is 18.6 Å². The first-order valence-corrected chi connectivity index (χ1v) is 15.2. The predicted molar refractivity (Wildman–Crippen MR) is 160 cm³/mol. The van der Waals surface area contributed by atoms with Gasteiger partial charge in [-0.05, 0) is 55.7 Å². The van der Waals surface area contributed by atoms with Crippen molar-refractivity contribution in [2.45, 2.75) is 57.0 Å². The van der Waals surface area contributed by atoms with Crippen LogP contribution in [0, 0.1) is 11.8 Å². The minimum Gasteiger partial charge on any atom is -0.450 e. The number of amides is 4. The van der Waals surface area contributed by atoms with Gasteiger partial charge in [-0.3, -0.25) is 19.6 Å². The van der Waals surface area contributed by atoms with Crippen LogP contribution < -0.4 is 21.4 Å². The molecular formula is C32H43N5O6. The van der Waals surface area contributed by atoms with Crippen molar-refractivity contribution in [3.05, 3.63) is 71.8 Å². The summed E-state index contributed by atoms with van der Waals surface area (Å²) >= 11 is 0. The van der Waals surface area contributed by atoms with Crippen molar-refractivity contribution in [1.29, 1.82) is 0 Å². The van der Waals surface area contributed by atoms with Crippen LogP contribution in [0.25, 0.3) is 0 Å². The molecular weight excluding hydrogens is 550 g/mol. The van der Waals surface area contributed by atoms with E-state index in [0.717, 1.165) is 24.8 Å². The Hall–Kier alpha value is -3.96. The molecule has 4 rings (SSSR count). The second-order valence-corrected chi connectivity index (χ2v) is 11.3. The van der Waals surface area contributed by atoms with Gasteiger partial charge in [-0.1, -0.05) is 60.7 Å². The highest BCUT2D eigenvalue weighted by Crippen LogP contribution is 2.30. The van der Waals surface area contributed by atoms with Crippen LogP contribution >= 0.6 is 0 Å². The maximum Gasteiger partial charge on any atom is 0.407 e. The van der Waals surface area contributed by atoms with Gasteiger partial charge in [0.15, 0.2) is 0 Å². The van der Waals surface area contributed by atoms with Crippen molar-refractivity contribution in [2.24, 2.45) is 11.8 Å². The molecule has 2 unspecified atom stereocenters. The first kappa shape index (κ1) is 32.0. The van der Waals surface area contributed by atoms with Crippen molar-refractivity contribution in [2.75, 3.05) is 32.8 Å². The van der Waals surface area contributed by atoms with E-state index in [-0.39, 0.29) is 30.1 Å². The first-order valence-electron chi connectivity index (χ1n) is 15.2. The minimum absolute atomic E-state index is 0.124. The number of piperidine rings is 1. The van der Waals surface area contributed by atoms with Gasteiger partial charge >= 0.3 is 6.09 Å². The molecule has 5 N–H and O–H groups in total. The minimum atomic E-state index is -0.773. The highest BCUT2D eigenvalue weighted by atomic mass is 16.5. The van der Waals surface area contributed by atoms with E-state index in [4.69, 9.17) is 4.74 Å². The maximum atomic E-state index is 13.4. The number of hydroxylamine groups is 1. The molecule has 0 saturated carbocycles. The molecule has 2 aromatic rings. The molecule has 0 radical (unpaired) electrons. The van der Waals surface area contributed by atoms with Gasteiger partial charge in [-0.25, -0.2) is 10.3 Å². The molecule has 2 heterocycles. The molecule has 2 aromatic carbocycles. The van der Waals surface area contributed by atoms with Crippen LogP contribution in [0.2, 0.25) is 0 Å². The van der Waals surface area contributed by atoms with E-state index in [1.807, 2.05) is 48.5 Å². The van der Waals surface area contributed by atoms with Gasteiger partial charge in [-0.2, -0.15) is 0 Å². The number of ether oxygens (including phenoxy) is 1. The Morgan fingerprint density at radius 3 is 2.44 bits per heavy atom. The number of carbonyl (C=O) groups is 4. The number of unbranched alkanes of at least 4 members (excludes halogenated alkanes) is 2. The maximum absolute atomic E-state index is 13.4. The zero-order chi connectivity index (χ0) is 30.4. The van der Waals surface area contributed by atoms with Crippen molar-refractivity contribution < 1.29 is 29.1 Å². The van der Waals surface area contributed by atoms with E-state index < -0.39 is 24.0 Å². The van der Waals surface area contributed by atoms with E-state index in [1.165, 1.54) is 5.56 Å². The molecule has 11 nitrogen and oxygen atoms in total. The quantitative estimate of drug-likeness (QED) is 0.136. The Bertz CT molecular complexity index is 1200. The highest BCUT2D eigenvalue weighted by Gasteiger charge is 2.42. The third-order valence-electron chi connectivity index (χ3n) is 8.23. The first-order chi connectivity index (χ1) is 20.9. The summed E-state index contributed by atoms with van der Waals surface area (Å²) in [5.74, 6) is -1.55. The molecule has 11 heteroatoms. The fourth-order valence-electron chi connectivity index (χ4n) is 5.88. The molecule has 0 spiro atoms. The Morgan fingerprint density at radius 1 is 0.953 bits per heavy atom. The van der Waals surface area contributed by atoms with Crippen molar-refractivity contribution in [1.82, 2.24) is 26.3 Å². The molecule has 0 aliphatic carbocycles. The largest absolute Gasteiger partial charge is 0.450 e. The Labute approximate surface area is 252 Å². The monoisotopic (exact) mass is 593 g/mol. The number of alkyl carbamates (subject to hydrolysis) is 1. The van der Waals surface area contributed by atoms with Gasteiger partial charge in [0.25, 0.3) is 0 Å². The number of hydrogen-bond acceptors (Lipinski definition) is 7. The molecule has 4 atom stereocenters. The van der Waals surface area contributed by atoms with Crippen molar-refractivity contribution in [3.8, 4) is 0 Å². The van der Waals surface area contributed by atoms with Crippen molar-refractivity contribution in [3.63, 3.8) is 0 Å². The average Bonchev–Trinajstić information content (AvgIpc) is 3.54. The Kier molecular flexibility index (Phi) is 12.4. The number of nitrogens with zero attached hydrogens (tertiary/aromatic N) is 1.